The molecule has 1 aliphatic rings. The highest BCUT2D eigenvalue weighted by Crippen LogP contribution is 2.18. The van der Waals surface area contributed by atoms with Crippen molar-refractivity contribution in [3.8, 4) is 0 Å². The topological polar surface area (TPSA) is 104 Å². The van der Waals surface area contributed by atoms with Crippen LogP contribution in [0, 0.1) is 0 Å². The number of carbonyl (C=O) groups is 3. The fourth-order valence-corrected chi connectivity index (χ4v) is 4.56. The van der Waals surface area contributed by atoms with Crippen LogP contribution < -0.4 is 9.62 Å². The zero-order valence-corrected chi connectivity index (χ0v) is 19.0. The lowest BCUT2D eigenvalue weighted by Crippen LogP contribution is -2.49. The number of hydrogen-bond donors (Lipinski definition) is 1. The number of nitrogens with one attached hydrogen (secondary N) is 1. The number of rotatable bonds is 8. The summed E-state index contributed by atoms with van der Waals surface area (Å²) in [6.45, 7) is 5.38. The molecule has 170 valence electrons. The van der Waals surface area contributed by atoms with Gasteiger partial charge in [-0.05, 0) is 50.2 Å². The highest BCUT2D eigenvalue weighted by atomic mass is 32.2. The molecule has 1 heterocycles. The third kappa shape index (κ3) is 5.80. The number of Topliss-reactive ketones (excluding diaryl/α,β-unsaturated/α-hetero) is 2. The van der Waals surface area contributed by atoms with Crippen molar-refractivity contribution in [2.24, 2.45) is 0 Å². The molecule has 0 spiro atoms. The molecule has 0 atom stereocenters. The number of ketones is 2. The Morgan fingerprint density at radius 1 is 0.812 bits per heavy atom. The quantitative estimate of drug-likeness (QED) is 0.609. The Morgan fingerprint density at radius 3 is 1.81 bits per heavy atom. The first kappa shape index (κ1) is 23.6. The molecule has 2 aromatic carbocycles. The summed E-state index contributed by atoms with van der Waals surface area (Å²) in [7, 11) is -3.75. The predicted molar refractivity (Wildman–Crippen MR) is 121 cm³/mol. The van der Waals surface area contributed by atoms with Crippen molar-refractivity contribution >= 4 is 33.2 Å². The van der Waals surface area contributed by atoms with Gasteiger partial charge in [0.25, 0.3) is 0 Å². The molecule has 3 rings (SSSR count). The van der Waals surface area contributed by atoms with Gasteiger partial charge in [-0.15, -0.1) is 0 Å². The van der Waals surface area contributed by atoms with E-state index in [4.69, 9.17) is 0 Å². The van der Waals surface area contributed by atoms with Gasteiger partial charge in [0.1, 0.15) is 0 Å². The number of anilines is 1. The van der Waals surface area contributed by atoms with E-state index in [0.29, 0.717) is 37.3 Å². The molecule has 8 nitrogen and oxygen atoms in total. The highest BCUT2D eigenvalue weighted by Gasteiger charge is 2.22. The van der Waals surface area contributed by atoms with E-state index >= 15 is 0 Å². The summed E-state index contributed by atoms with van der Waals surface area (Å²) in [5, 5.41) is 0. The minimum Gasteiger partial charge on any atom is -0.368 e. The van der Waals surface area contributed by atoms with Crippen LogP contribution in [0.5, 0.6) is 0 Å². The lowest BCUT2D eigenvalue weighted by atomic mass is 10.1. The predicted octanol–water partition coefficient (Wildman–Crippen LogP) is 2.11. The fraction of sp³-hybridized carbons (Fsp3) is 0.348. The van der Waals surface area contributed by atoms with E-state index in [0.717, 1.165) is 5.69 Å². The molecule has 0 aliphatic carbocycles. The first-order valence-electron chi connectivity index (χ1n) is 10.4. The van der Waals surface area contributed by atoms with Crippen LogP contribution in [0.2, 0.25) is 0 Å². The van der Waals surface area contributed by atoms with Crippen LogP contribution in [-0.4, -0.2) is 63.5 Å². The Labute approximate surface area is 188 Å². The van der Waals surface area contributed by atoms with Crippen LogP contribution in [0.1, 0.15) is 41.0 Å². The number of nitrogens with zero attached hydrogens (tertiary/aromatic N) is 2. The highest BCUT2D eigenvalue weighted by molar-refractivity contribution is 7.89. The lowest BCUT2D eigenvalue weighted by Gasteiger charge is -2.36. The molecule has 1 fully saturated rings. The van der Waals surface area contributed by atoms with Gasteiger partial charge in [0.15, 0.2) is 11.6 Å². The summed E-state index contributed by atoms with van der Waals surface area (Å²) in [6, 6.07) is 13.1. The summed E-state index contributed by atoms with van der Waals surface area (Å²) in [5.74, 6) is -0.220. The molecule has 1 saturated heterocycles. The van der Waals surface area contributed by atoms with E-state index in [9.17, 15) is 22.8 Å². The number of amides is 1. The molecule has 0 aromatic heterocycles. The van der Waals surface area contributed by atoms with E-state index in [1.54, 1.807) is 17.0 Å². The van der Waals surface area contributed by atoms with E-state index < -0.39 is 10.0 Å². The number of sulfonamides is 1. The van der Waals surface area contributed by atoms with Crippen molar-refractivity contribution in [1.82, 2.24) is 9.62 Å². The van der Waals surface area contributed by atoms with Gasteiger partial charge in [0.2, 0.25) is 15.9 Å². The molecule has 0 radical (unpaired) electrons. The van der Waals surface area contributed by atoms with Gasteiger partial charge in [-0.2, -0.15) is 0 Å². The average Bonchev–Trinajstić information content (AvgIpc) is 2.79. The van der Waals surface area contributed by atoms with Gasteiger partial charge < -0.3 is 9.80 Å². The van der Waals surface area contributed by atoms with Crippen LogP contribution in [0.4, 0.5) is 5.69 Å². The molecule has 1 amide bonds. The third-order valence-corrected chi connectivity index (χ3v) is 6.95. The van der Waals surface area contributed by atoms with E-state index in [2.05, 4.69) is 9.62 Å². The molecule has 32 heavy (non-hydrogen) atoms. The third-order valence-electron chi connectivity index (χ3n) is 5.47. The second-order valence-corrected chi connectivity index (χ2v) is 9.47. The second kappa shape index (κ2) is 10.1. The van der Waals surface area contributed by atoms with Crippen molar-refractivity contribution in [2.45, 2.75) is 25.2 Å². The van der Waals surface area contributed by atoms with Gasteiger partial charge >= 0.3 is 0 Å². The number of carbonyl (C=O) groups excluding carboxylic acids is 3. The summed E-state index contributed by atoms with van der Waals surface area (Å²) < 4.78 is 27.2. The van der Waals surface area contributed by atoms with E-state index in [1.807, 2.05) is 12.1 Å². The summed E-state index contributed by atoms with van der Waals surface area (Å²) >= 11 is 0. The van der Waals surface area contributed by atoms with E-state index in [1.165, 1.54) is 38.1 Å². The SMILES string of the molecule is CC(=O)c1ccc(N2CCN(C(=O)CCNS(=O)(=O)c3ccc(C(C)=O)cc3)CC2)cc1. The van der Waals surface area contributed by atoms with E-state index in [-0.39, 0.29) is 35.3 Å². The maximum Gasteiger partial charge on any atom is 0.240 e. The Balaban J connectivity index is 1.46. The zero-order valence-electron chi connectivity index (χ0n) is 18.2. The Kier molecular flexibility index (Phi) is 7.42. The average molecular weight is 458 g/mol. The smallest absolute Gasteiger partial charge is 0.240 e. The van der Waals surface area contributed by atoms with Crippen molar-refractivity contribution in [2.75, 3.05) is 37.6 Å². The molecule has 2 aromatic rings. The van der Waals surface area contributed by atoms with Crippen LogP contribution in [0.15, 0.2) is 53.4 Å². The maximum atomic E-state index is 12.5. The minimum atomic E-state index is -3.75. The largest absolute Gasteiger partial charge is 0.368 e. The molecule has 0 bridgehead atoms. The summed E-state index contributed by atoms with van der Waals surface area (Å²) in [5.41, 5.74) is 2.11. The maximum absolute atomic E-state index is 12.5. The van der Waals surface area contributed by atoms with Gasteiger partial charge in [-0.1, -0.05) is 12.1 Å². The van der Waals surface area contributed by atoms with Crippen molar-refractivity contribution in [1.29, 1.82) is 0 Å². The first-order valence-corrected chi connectivity index (χ1v) is 11.9. The van der Waals surface area contributed by atoms with Gasteiger partial charge in [0.05, 0.1) is 4.90 Å². The zero-order chi connectivity index (χ0) is 23.3. The first-order chi connectivity index (χ1) is 15.2. The molecule has 0 unspecified atom stereocenters. The van der Waals surface area contributed by atoms with Crippen LogP contribution in [0.3, 0.4) is 0 Å². The standard InChI is InChI=1S/C23H27N3O5S/c1-17(27)19-3-7-21(8-4-19)25-13-15-26(16-14-25)23(29)11-12-24-32(30,31)22-9-5-20(6-10-22)18(2)28/h3-10,24H,11-16H2,1-2H3. The summed E-state index contributed by atoms with van der Waals surface area (Å²) in [6.07, 6.45) is 0.0675. The lowest BCUT2D eigenvalue weighted by molar-refractivity contribution is -0.131. The molecule has 0 saturated carbocycles. The molecule has 9 heteroatoms. The molecule has 1 N–H and O–H groups in total. The minimum absolute atomic E-state index is 0.00233. The van der Waals surface area contributed by atoms with Crippen molar-refractivity contribution in [3.05, 3.63) is 59.7 Å². The molecular weight excluding hydrogens is 430 g/mol. The van der Waals surface area contributed by atoms with Gasteiger partial charge in [-0.3, -0.25) is 14.4 Å². The Bertz CT molecular complexity index is 1090. The summed E-state index contributed by atoms with van der Waals surface area (Å²) in [4.78, 5) is 39.2. The monoisotopic (exact) mass is 457 g/mol. The van der Waals surface area contributed by atoms with Crippen LogP contribution in [-0.2, 0) is 14.8 Å². The fourth-order valence-electron chi connectivity index (χ4n) is 3.52. The number of hydrogen-bond acceptors (Lipinski definition) is 6. The second-order valence-electron chi connectivity index (χ2n) is 7.70. The van der Waals surface area contributed by atoms with Crippen molar-refractivity contribution < 1.29 is 22.8 Å². The Hall–Kier alpha value is -3.04. The van der Waals surface area contributed by atoms with Crippen molar-refractivity contribution in [3.63, 3.8) is 0 Å². The molecular formula is C23H27N3O5S. The Morgan fingerprint density at radius 2 is 1.31 bits per heavy atom. The molecule has 1 aliphatic heterocycles. The number of piperazine rings is 1. The van der Waals surface area contributed by atoms with Crippen LogP contribution in [0.25, 0.3) is 0 Å². The van der Waals surface area contributed by atoms with Gasteiger partial charge in [-0.25, -0.2) is 13.1 Å². The normalized spacial score (nSPS) is 14.3. The number of benzene rings is 2. The van der Waals surface area contributed by atoms with Gasteiger partial charge in [0, 0.05) is 56.0 Å². The van der Waals surface area contributed by atoms with Crippen LogP contribution >= 0.6 is 0 Å².